The van der Waals surface area contributed by atoms with Gasteiger partial charge in [-0.25, -0.2) is 0 Å². The van der Waals surface area contributed by atoms with Crippen molar-refractivity contribution in [1.29, 1.82) is 0 Å². The van der Waals surface area contributed by atoms with Gasteiger partial charge in [0, 0.05) is 13.6 Å². The normalized spacial score (nSPS) is 12.2. The lowest BCUT2D eigenvalue weighted by Crippen LogP contribution is -2.48. The minimum atomic E-state index is -0.601. The summed E-state index contributed by atoms with van der Waals surface area (Å²) >= 11 is 0. The first-order chi connectivity index (χ1) is 9.26. The molecular weight excluding hydrogens is 294 g/mol. The van der Waals surface area contributed by atoms with Gasteiger partial charge in [-0.1, -0.05) is 13.8 Å². The van der Waals surface area contributed by atoms with Gasteiger partial charge in [0.25, 0.3) is 5.91 Å². The number of likely N-dealkylation sites (N-methyl/N-ethyl adjacent to an activating group) is 1. The van der Waals surface area contributed by atoms with Gasteiger partial charge >= 0.3 is 0 Å². The van der Waals surface area contributed by atoms with Crippen LogP contribution in [0.1, 0.15) is 31.1 Å². The number of nitrogens with zero attached hydrogens (tertiary/aromatic N) is 1. The molecule has 0 saturated carbocycles. The Balaban J connectivity index is 0.00000400. The number of hydrogen-bond donors (Lipinski definition) is 2. The lowest BCUT2D eigenvalue weighted by Gasteiger charge is -2.30. The van der Waals surface area contributed by atoms with E-state index in [1.165, 1.54) is 12.5 Å². The van der Waals surface area contributed by atoms with Crippen molar-refractivity contribution in [1.82, 2.24) is 10.2 Å². The second-order valence-electron chi connectivity index (χ2n) is 5.77. The number of amides is 2. The predicted molar refractivity (Wildman–Crippen MR) is 83.4 cm³/mol. The van der Waals surface area contributed by atoms with Crippen LogP contribution in [-0.4, -0.2) is 42.9 Å². The molecule has 0 radical (unpaired) electrons. The van der Waals surface area contributed by atoms with E-state index in [1.807, 2.05) is 13.8 Å². The second-order valence-corrected chi connectivity index (χ2v) is 5.77. The SMILES string of the molecule is CC(NC(=O)c1ccoc1)C(=O)N(C)CC(C)(C)CN.Cl. The molecule has 1 atom stereocenters. The van der Waals surface area contributed by atoms with Crippen molar-refractivity contribution >= 4 is 24.2 Å². The highest BCUT2D eigenvalue weighted by Crippen LogP contribution is 2.14. The summed E-state index contributed by atoms with van der Waals surface area (Å²) in [4.78, 5) is 25.6. The molecule has 3 N–H and O–H groups in total. The van der Waals surface area contributed by atoms with Gasteiger partial charge < -0.3 is 20.4 Å². The molecule has 0 aliphatic rings. The zero-order chi connectivity index (χ0) is 15.3. The van der Waals surface area contributed by atoms with E-state index in [9.17, 15) is 9.59 Å². The van der Waals surface area contributed by atoms with E-state index in [-0.39, 0.29) is 29.6 Å². The summed E-state index contributed by atoms with van der Waals surface area (Å²) in [6.07, 6.45) is 2.76. The molecule has 1 rings (SSSR count). The molecule has 0 fully saturated rings. The van der Waals surface area contributed by atoms with Crippen LogP contribution in [0.3, 0.4) is 0 Å². The number of nitrogens with one attached hydrogen (secondary N) is 1. The minimum absolute atomic E-state index is 0. The molecule has 1 unspecified atom stereocenters. The van der Waals surface area contributed by atoms with Gasteiger partial charge in [-0.15, -0.1) is 12.4 Å². The van der Waals surface area contributed by atoms with E-state index in [0.29, 0.717) is 18.7 Å². The van der Waals surface area contributed by atoms with Gasteiger partial charge in [0.15, 0.2) is 0 Å². The number of carbonyl (C=O) groups is 2. The van der Waals surface area contributed by atoms with E-state index in [2.05, 4.69) is 5.32 Å². The molecule has 120 valence electrons. The zero-order valence-corrected chi connectivity index (χ0v) is 13.7. The van der Waals surface area contributed by atoms with E-state index < -0.39 is 6.04 Å². The van der Waals surface area contributed by atoms with Crippen molar-refractivity contribution in [2.24, 2.45) is 11.1 Å². The molecule has 6 nitrogen and oxygen atoms in total. The van der Waals surface area contributed by atoms with Crippen LogP contribution in [-0.2, 0) is 4.79 Å². The average Bonchev–Trinajstić information content (AvgIpc) is 2.91. The largest absolute Gasteiger partial charge is 0.472 e. The first kappa shape index (κ1) is 19.5. The molecule has 0 aliphatic heterocycles. The number of nitrogens with two attached hydrogens (primary N) is 1. The summed E-state index contributed by atoms with van der Waals surface area (Å²) < 4.78 is 4.84. The molecule has 0 saturated heterocycles. The number of hydrogen-bond acceptors (Lipinski definition) is 4. The Morgan fingerprint density at radius 1 is 1.48 bits per heavy atom. The van der Waals surface area contributed by atoms with Crippen molar-refractivity contribution in [2.75, 3.05) is 20.1 Å². The highest BCUT2D eigenvalue weighted by molar-refractivity contribution is 5.97. The fourth-order valence-electron chi connectivity index (χ4n) is 1.85. The number of furan rings is 1. The van der Waals surface area contributed by atoms with E-state index in [4.69, 9.17) is 10.2 Å². The van der Waals surface area contributed by atoms with Crippen LogP contribution in [0.25, 0.3) is 0 Å². The summed E-state index contributed by atoms with van der Waals surface area (Å²) in [7, 11) is 1.71. The molecule has 1 heterocycles. The van der Waals surface area contributed by atoms with Crippen molar-refractivity contribution in [3.05, 3.63) is 24.2 Å². The van der Waals surface area contributed by atoms with Gasteiger partial charge in [-0.2, -0.15) is 0 Å². The third-order valence-electron chi connectivity index (χ3n) is 3.10. The highest BCUT2D eigenvalue weighted by Gasteiger charge is 2.25. The molecule has 1 aromatic rings. The molecule has 0 aliphatic carbocycles. The Labute approximate surface area is 131 Å². The maximum absolute atomic E-state index is 12.2. The average molecular weight is 318 g/mol. The molecular formula is C14H24ClN3O3. The van der Waals surface area contributed by atoms with Gasteiger partial charge in [-0.05, 0) is 24.9 Å². The molecule has 0 aromatic carbocycles. The van der Waals surface area contributed by atoms with Gasteiger partial charge in [0.2, 0.25) is 5.91 Å². The van der Waals surface area contributed by atoms with Crippen LogP contribution in [0.4, 0.5) is 0 Å². The van der Waals surface area contributed by atoms with Crippen molar-refractivity contribution in [2.45, 2.75) is 26.8 Å². The van der Waals surface area contributed by atoms with Crippen LogP contribution in [0.5, 0.6) is 0 Å². The monoisotopic (exact) mass is 317 g/mol. The number of carbonyl (C=O) groups excluding carboxylic acids is 2. The lowest BCUT2D eigenvalue weighted by atomic mass is 9.93. The highest BCUT2D eigenvalue weighted by atomic mass is 35.5. The summed E-state index contributed by atoms with van der Waals surface area (Å²) in [6.45, 7) is 6.66. The van der Waals surface area contributed by atoms with Crippen molar-refractivity contribution in [3.8, 4) is 0 Å². The second kappa shape index (κ2) is 8.05. The Hall–Kier alpha value is -1.53. The quantitative estimate of drug-likeness (QED) is 0.826. The Morgan fingerprint density at radius 2 is 2.10 bits per heavy atom. The minimum Gasteiger partial charge on any atom is -0.472 e. The number of rotatable bonds is 6. The van der Waals surface area contributed by atoms with Crippen LogP contribution in [0.2, 0.25) is 0 Å². The molecule has 1 aromatic heterocycles. The van der Waals surface area contributed by atoms with Crippen LogP contribution in [0.15, 0.2) is 23.0 Å². The Kier molecular flexibility index (Phi) is 7.46. The lowest BCUT2D eigenvalue weighted by molar-refractivity contribution is -0.132. The zero-order valence-electron chi connectivity index (χ0n) is 12.9. The van der Waals surface area contributed by atoms with Crippen molar-refractivity contribution < 1.29 is 14.0 Å². The summed E-state index contributed by atoms with van der Waals surface area (Å²) in [5.41, 5.74) is 5.90. The number of halogens is 1. The fraction of sp³-hybridized carbons (Fsp3) is 0.571. The Bertz CT molecular complexity index is 460. The van der Waals surface area contributed by atoms with Crippen LogP contribution in [0, 0.1) is 5.41 Å². The van der Waals surface area contributed by atoms with Crippen LogP contribution >= 0.6 is 12.4 Å². The van der Waals surface area contributed by atoms with Gasteiger partial charge in [0.1, 0.15) is 12.3 Å². The summed E-state index contributed by atoms with van der Waals surface area (Å²) in [5.74, 6) is -0.477. The van der Waals surface area contributed by atoms with E-state index in [0.717, 1.165) is 0 Å². The van der Waals surface area contributed by atoms with Crippen LogP contribution < -0.4 is 11.1 Å². The van der Waals surface area contributed by atoms with Gasteiger partial charge in [0.05, 0.1) is 11.8 Å². The third-order valence-corrected chi connectivity index (χ3v) is 3.10. The standard InChI is InChI=1S/C14H23N3O3.ClH/c1-10(16-12(18)11-5-6-20-7-11)13(19)17(4)9-14(2,3)8-15;/h5-7,10H,8-9,15H2,1-4H3,(H,16,18);1H. The molecule has 2 amide bonds. The maximum Gasteiger partial charge on any atom is 0.255 e. The molecule has 7 heteroatoms. The summed E-state index contributed by atoms with van der Waals surface area (Å²) in [6, 6.07) is 0.948. The third kappa shape index (κ3) is 5.77. The molecule has 0 spiro atoms. The predicted octanol–water partition coefficient (Wildman–Crippen LogP) is 1.26. The smallest absolute Gasteiger partial charge is 0.255 e. The summed E-state index contributed by atoms with van der Waals surface area (Å²) in [5, 5.41) is 2.65. The van der Waals surface area contributed by atoms with Crippen molar-refractivity contribution in [3.63, 3.8) is 0 Å². The van der Waals surface area contributed by atoms with E-state index >= 15 is 0 Å². The molecule has 0 bridgehead atoms. The topological polar surface area (TPSA) is 88.6 Å². The van der Waals surface area contributed by atoms with Gasteiger partial charge in [-0.3, -0.25) is 9.59 Å². The molecule has 21 heavy (non-hydrogen) atoms. The first-order valence-electron chi connectivity index (χ1n) is 6.55. The maximum atomic E-state index is 12.2. The van der Waals surface area contributed by atoms with E-state index in [1.54, 1.807) is 24.9 Å². The Morgan fingerprint density at radius 3 is 2.57 bits per heavy atom. The first-order valence-corrected chi connectivity index (χ1v) is 6.55. The fourth-order valence-corrected chi connectivity index (χ4v) is 1.85.